The predicted octanol–water partition coefficient (Wildman–Crippen LogP) is 4.61. The molecule has 2 heterocycles. The lowest BCUT2D eigenvalue weighted by atomic mass is 9.57. The summed E-state index contributed by atoms with van der Waals surface area (Å²) in [6.45, 7) is 16.4. The molecule has 6 rings (SSSR count). The number of hydrogen-bond acceptors (Lipinski definition) is 7. The van der Waals surface area contributed by atoms with Crippen LogP contribution in [-0.4, -0.2) is 47.9 Å². The molecule has 0 aromatic rings. The second-order valence-corrected chi connectivity index (χ2v) is 13.0. The zero-order valence-corrected chi connectivity index (χ0v) is 23.5. The van der Waals surface area contributed by atoms with Gasteiger partial charge in [0.1, 0.15) is 18.3 Å². The van der Waals surface area contributed by atoms with Crippen molar-refractivity contribution < 1.29 is 33.7 Å². The minimum Gasteiger partial charge on any atom is -0.461 e. The topological polar surface area (TPSA) is 99.1 Å². The van der Waals surface area contributed by atoms with Crippen LogP contribution in [0.3, 0.4) is 0 Å². The maximum Gasteiger partial charge on any atom is 0.334 e. The van der Waals surface area contributed by atoms with Crippen molar-refractivity contribution in [1.29, 1.82) is 0 Å². The van der Waals surface area contributed by atoms with Crippen molar-refractivity contribution >= 4 is 17.9 Å². The Labute approximate surface area is 230 Å². The van der Waals surface area contributed by atoms with Crippen LogP contribution in [0.1, 0.15) is 66.2 Å². The van der Waals surface area contributed by atoms with Crippen molar-refractivity contribution in [2.24, 2.45) is 40.4 Å². The Balaban J connectivity index is 1.48. The smallest absolute Gasteiger partial charge is 0.334 e. The van der Waals surface area contributed by atoms with Gasteiger partial charge in [0.15, 0.2) is 0 Å². The van der Waals surface area contributed by atoms with Crippen molar-refractivity contribution in [3.05, 3.63) is 47.1 Å². The highest BCUT2D eigenvalue weighted by atomic mass is 16.6. The van der Waals surface area contributed by atoms with Gasteiger partial charge in [0.2, 0.25) is 0 Å². The second kappa shape index (κ2) is 8.92. The maximum atomic E-state index is 14.1. The summed E-state index contributed by atoms with van der Waals surface area (Å²) in [4.78, 5) is 39.0. The van der Waals surface area contributed by atoms with Crippen LogP contribution < -0.4 is 0 Å². The number of fused-ring (bicyclic) bond motifs is 5. The number of aliphatic hydroxyl groups is 1. The Bertz CT molecular complexity index is 1240. The van der Waals surface area contributed by atoms with Gasteiger partial charge in [-0.1, -0.05) is 44.2 Å². The van der Waals surface area contributed by atoms with Gasteiger partial charge in [0.05, 0.1) is 5.41 Å². The van der Waals surface area contributed by atoms with Crippen molar-refractivity contribution in [1.82, 2.24) is 0 Å². The summed E-state index contributed by atoms with van der Waals surface area (Å²) in [5.74, 6) is -1.18. The number of allylic oxidation sites excluding steroid dienone is 1. The number of aliphatic hydroxyl groups excluding tert-OH is 1. The highest BCUT2D eigenvalue weighted by Crippen LogP contribution is 2.75. The molecule has 0 aromatic heterocycles. The molecule has 7 nitrogen and oxygen atoms in total. The largest absolute Gasteiger partial charge is 0.461 e. The first-order valence-electron chi connectivity index (χ1n) is 14.5. The molecule has 4 aliphatic carbocycles. The third-order valence-corrected chi connectivity index (χ3v) is 11.2. The van der Waals surface area contributed by atoms with Gasteiger partial charge in [0, 0.05) is 48.7 Å². The fourth-order valence-electron chi connectivity index (χ4n) is 9.56. The Morgan fingerprint density at radius 2 is 1.95 bits per heavy atom. The molecule has 0 amide bonds. The van der Waals surface area contributed by atoms with Crippen molar-refractivity contribution in [2.75, 3.05) is 6.61 Å². The summed E-state index contributed by atoms with van der Waals surface area (Å²) in [6.07, 6.45) is 5.19. The van der Waals surface area contributed by atoms with Crippen LogP contribution in [0.2, 0.25) is 0 Å². The van der Waals surface area contributed by atoms with E-state index in [1.165, 1.54) is 12.5 Å². The van der Waals surface area contributed by atoms with Crippen LogP contribution in [0.25, 0.3) is 0 Å². The first-order valence-corrected chi connectivity index (χ1v) is 14.5. The van der Waals surface area contributed by atoms with Gasteiger partial charge in [-0.3, -0.25) is 9.59 Å². The lowest BCUT2D eigenvalue weighted by Gasteiger charge is -2.43. The van der Waals surface area contributed by atoms with Crippen LogP contribution in [0.5, 0.6) is 0 Å². The number of rotatable bonds is 5. The molecule has 7 heteroatoms. The fraction of sp³-hybridized carbons (Fsp3) is 0.656. The molecular formula is C32H40O7. The molecule has 0 aromatic carbocycles. The molecule has 2 spiro atoms. The molecule has 2 bridgehead atoms. The molecular weight excluding hydrogens is 496 g/mol. The number of hydrogen-bond donors (Lipinski definition) is 1. The molecule has 4 fully saturated rings. The van der Waals surface area contributed by atoms with E-state index in [1.54, 1.807) is 0 Å². The van der Waals surface area contributed by atoms with Crippen LogP contribution in [0.15, 0.2) is 47.1 Å². The monoisotopic (exact) mass is 536 g/mol. The minimum absolute atomic E-state index is 0.0159. The normalized spacial score (nSPS) is 43.0. The van der Waals surface area contributed by atoms with Gasteiger partial charge in [0.25, 0.3) is 0 Å². The summed E-state index contributed by atoms with van der Waals surface area (Å²) >= 11 is 0. The van der Waals surface area contributed by atoms with Crippen LogP contribution in [0, 0.1) is 40.4 Å². The lowest BCUT2D eigenvalue weighted by Crippen LogP contribution is -2.43. The van der Waals surface area contributed by atoms with Crippen LogP contribution in [0.4, 0.5) is 0 Å². The summed E-state index contributed by atoms with van der Waals surface area (Å²) in [5.41, 5.74) is 3.60. The average molecular weight is 537 g/mol. The molecule has 210 valence electrons. The van der Waals surface area contributed by atoms with Crippen molar-refractivity contribution in [3.63, 3.8) is 0 Å². The Hall–Kier alpha value is -2.67. The summed E-state index contributed by atoms with van der Waals surface area (Å²) in [5, 5.41) is 9.39. The highest BCUT2D eigenvalue weighted by molar-refractivity contribution is 5.91. The van der Waals surface area contributed by atoms with Gasteiger partial charge in [-0.2, -0.15) is 0 Å². The van der Waals surface area contributed by atoms with E-state index in [0.29, 0.717) is 37.7 Å². The highest BCUT2D eigenvalue weighted by Gasteiger charge is 2.78. The number of carbonyl (C=O) groups excluding carboxylic acids is 3. The minimum atomic E-state index is -0.831. The fourth-order valence-corrected chi connectivity index (χ4v) is 9.56. The Morgan fingerprint density at radius 3 is 2.64 bits per heavy atom. The third-order valence-electron chi connectivity index (χ3n) is 11.2. The van der Waals surface area contributed by atoms with Crippen LogP contribution in [-0.2, 0) is 28.6 Å². The van der Waals surface area contributed by atoms with Gasteiger partial charge < -0.3 is 19.3 Å². The SMILES string of the molecule is C=C1CC2OC(=O)C3(CC45C(=C(C)C3C4OC(C)=O)CC3C(=C)C(=O)OC3CC5C)C2C=C1C(C)CCCO. The van der Waals surface area contributed by atoms with E-state index in [-0.39, 0.29) is 66.3 Å². The lowest BCUT2D eigenvalue weighted by molar-refractivity contribution is -0.156. The molecule has 2 saturated carbocycles. The molecule has 10 unspecified atom stereocenters. The van der Waals surface area contributed by atoms with Gasteiger partial charge in [-0.15, -0.1) is 0 Å². The first kappa shape index (κ1) is 26.5. The van der Waals surface area contributed by atoms with Crippen molar-refractivity contribution in [3.8, 4) is 0 Å². The third kappa shape index (κ3) is 3.41. The first-order chi connectivity index (χ1) is 18.5. The molecule has 6 aliphatic rings. The summed E-state index contributed by atoms with van der Waals surface area (Å²) in [6, 6.07) is 0. The van der Waals surface area contributed by atoms with Crippen LogP contribution >= 0.6 is 0 Å². The van der Waals surface area contributed by atoms with Gasteiger partial charge in [-0.25, -0.2) is 4.79 Å². The molecule has 39 heavy (non-hydrogen) atoms. The second-order valence-electron chi connectivity index (χ2n) is 13.0. The zero-order valence-electron chi connectivity index (χ0n) is 23.5. The molecule has 0 radical (unpaired) electrons. The van der Waals surface area contributed by atoms with E-state index in [9.17, 15) is 19.5 Å². The number of ether oxygens (including phenoxy) is 3. The van der Waals surface area contributed by atoms with E-state index in [1.807, 2.05) is 0 Å². The molecule has 10 atom stereocenters. The van der Waals surface area contributed by atoms with E-state index in [0.717, 1.165) is 23.1 Å². The standard InChI is InChI=1S/C32H40O7/c1-15(8-7-9-33)21-12-24-26(10-16(21)2)39-30(36)32(24)14-31-17(3)11-25-22(18(4)29(35)38-25)13-23(31)19(5)27(32)28(31)37-20(6)34/h12,15,17,22,24-28,33H,2,4,7-11,13-14H2,1,3,5-6H3. The number of carbonyl (C=O) groups is 3. The Morgan fingerprint density at radius 1 is 1.21 bits per heavy atom. The van der Waals surface area contributed by atoms with Gasteiger partial charge >= 0.3 is 17.9 Å². The maximum absolute atomic E-state index is 14.1. The average Bonchev–Trinajstić information content (AvgIpc) is 3.45. The zero-order chi connectivity index (χ0) is 28.0. The summed E-state index contributed by atoms with van der Waals surface area (Å²) < 4.78 is 18.1. The molecule has 2 aliphatic heterocycles. The predicted molar refractivity (Wildman–Crippen MR) is 143 cm³/mol. The quantitative estimate of drug-likeness (QED) is 0.237. The number of esters is 3. The Kier molecular flexibility index (Phi) is 6.07. The van der Waals surface area contributed by atoms with Crippen molar-refractivity contribution in [2.45, 2.75) is 84.5 Å². The molecule has 2 saturated heterocycles. The van der Waals surface area contributed by atoms with E-state index < -0.39 is 16.9 Å². The van der Waals surface area contributed by atoms with E-state index >= 15 is 0 Å². The van der Waals surface area contributed by atoms with E-state index in [4.69, 9.17) is 14.2 Å². The van der Waals surface area contributed by atoms with Gasteiger partial charge in [-0.05, 0) is 62.0 Å². The van der Waals surface area contributed by atoms with E-state index in [2.05, 4.69) is 40.0 Å². The summed E-state index contributed by atoms with van der Waals surface area (Å²) in [7, 11) is 0. The molecule has 1 N–H and O–H groups in total.